The quantitative estimate of drug-likeness (QED) is 0.830. The average Bonchev–Trinajstić information content (AvgIpc) is 2.86. The molecule has 1 atom stereocenters. The second-order valence-electron chi connectivity index (χ2n) is 10.1. The molecule has 5 aliphatic rings. The van der Waals surface area contributed by atoms with E-state index in [2.05, 4.69) is 19.2 Å². The first-order chi connectivity index (χ1) is 12.5. The minimum atomic E-state index is -0.353. The van der Waals surface area contributed by atoms with Crippen LogP contribution >= 0.6 is 0 Å². The lowest BCUT2D eigenvalue weighted by Crippen LogP contribution is -2.58. The van der Waals surface area contributed by atoms with Crippen LogP contribution in [0.4, 0.5) is 0 Å². The molecule has 1 unspecified atom stereocenters. The van der Waals surface area contributed by atoms with Crippen LogP contribution in [-0.4, -0.2) is 35.8 Å². The van der Waals surface area contributed by atoms with Gasteiger partial charge in [-0.1, -0.05) is 26.7 Å². The van der Waals surface area contributed by atoms with Crippen molar-refractivity contribution in [3.8, 4) is 0 Å². The van der Waals surface area contributed by atoms with Crippen molar-refractivity contribution in [2.75, 3.05) is 13.1 Å². The number of nitrogens with one attached hydrogen (secondary N) is 1. The van der Waals surface area contributed by atoms with Crippen LogP contribution in [0.1, 0.15) is 78.1 Å². The summed E-state index contributed by atoms with van der Waals surface area (Å²) in [4.78, 5) is 28.6. The standard InChI is InChI=1S/C22H36N2O2/c1-15(2)19(20(25)24-7-5-3-4-6-8-24)23-21(26)22-12-16-9-17(13-22)11-18(10-16)14-22/h15-19H,3-14H2,1-2H3,(H,23,26). The van der Waals surface area contributed by atoms with Crippen molar-refractivity contribution in [1.82, 2.24) is 10.2 Å². The molecule has 0 aromatic rings. The van der Waals surface area contributed by atoms with Crippen molar-refractivity contribution in [2.24, 2.45) is 29.1 Å². The molecule has 5 rings (SSSR count). The molecule has 2 amide bonds. The van der Waals surface area contributed by atoms with Crippen LogP contribution in [0.15, 0.2) is 0 Å². The maximum absolute atomic E-state index is 13.4. The predicted molar refractivity (Wildman–Crippen MR) is 102 cm³/mol. The van der Waals surface area contributed by atoms with Crippen molar-refractivity contribution < 1.29 is 9.59 Å². The Labute approximate surface area is 158 Å². The van der Waals surface area contributed by atoms with Crippen LogP contribution in [0.3, 0.4) is 0 Å². The number of hydrogen-bond acceptors (Lipinski definition) is 2. The Morgan fingerprint density at radius 3 is 1.85 bits per heavy atom. The fourth-order valence-corrected chi connectivity index (χ4v) is 6.68. The van der Waals surface area contributed by atoms with Gasteiger partial charge < -0.3 is 10.2 Å². The van der Waals surface area contributed by atoms with Crippen LogP contribution in [0.2, 0.25) is 0 Å². The van der Waals surface area contributed by atoms with Crippen LogP contribution in [0.25, 0.3) is 0 Å². The summed E-state index contributed by atoms with van der Waals surface area (Å²) in [5.74, 6) is 2.75. The van der Waals surface area contributed by atoms with E-state index in [1.54, 1.807) is 0 Å². The summed E-state index contributed by atoms with van der Waals surface area (Å²) in [6.45, 7) is 5.85. The summed E-state index contributed by atoms with van der Waals surface area (Å²) in [5, 5.41) is 3.26. The third-order valence-electron chi connectivity index (χ3n) is 7.66. The fraction of sp³-hybridized carbons (Fsp3) is 0.909. The number of hydrogen-bond donors (Lipinski definition) is 1. The van der Waals surface area contributed by atoms with E-state index in [-0.39, 0.29) is 29.2 Å². The van der Waals surface area contributed by atoms with Crippen LogP contribution in [0.5, 0.6) is 0 Å². The van der Waals surface area contributed by atoms with E-state index in [0.29, 0.717) is 0 Å². The molecule has 5 fully saturated rings. The van der Waals surface area contributed by atoms with E-state index in [4.69, 9.17) is 0 Å². The molecule has 26 heavy (non-hydrogen) atoms. The Morgan fingerprint density at radius 2 is 1.38 bits per heavy atom. The summed E-state index contributed by atoms with van der Waals surface area (Å²) in [5.41, 5.74) is -0.166. The topological polar surface area (TPSA) is 49.4 Å². The highest BCUT2D eigenvalue weighted by Gasteiger charge is 2.55. The molecule has 4 saturated carbocycles. The zero-order valence-electron chi connectivity index (χ0n) is 16.6. The number of carbonyl (C=O) groups is 2. The summed E-state index contributed by atoms with van der Waals surface area (Å²) >= 11 is 0. The van der Waals surface area contributed by atoms with E-state index in [0.717, 1.165) is 62.9 Å². The maximum Gasteiger partial charge on any atom is 0.245 e. The normalized spacial score (nSPS) is 37.5. The molecule has 1 heterocycles. The highest BCUT2D eigenvalue weighted by atomic mass is 16.2. The Morgan fingerprint density at radius 1 is 0.885 bits per heavy atom. The second kappa shape index (κ2) is 7.16. The van der Waals surface area contributed by atoms with E-state index in [1.807, 2.05) is 4.90 Å². The van der Waals surface area contributed by atoms with Crippen LogP contribution < -0.4 is 5.32 Å². The number of likely N-dealkylation sites (tertiary alicyclic amines) is 1. The van der Waals surface area contributed by atoms with Gasteiger partial charge in [0.15, 0.2) is 0 Å². The van der Waals surface area contributed by atoms with Gasteiger partial charge in [0.1, 0.15) is 6.04 Å². The van der Waals surface area contributed by atoms with Crippen molar-refractivity contribution >= 4 is 11.8 Å². The van der Waals surface area contributed by atoms with Crippen molar-refractivity contribution in [1.29, 1.82) is 0 Å². The summed E-state index contributed by atoms with van der Waals surface area (Å²) in [6.07, 6.45) is 11.8. The minimum absolute atomic E-state index is 0.142. The highest BCUT2D eigenvalue weighted by molar-refractivity contribution is 5.90. The lowest BCUT2D eigenvalue weighted by molar-refractivity contribution is -0.150. The van der Waals surface area contributed by atoms with E-state index < -0.39 is 0 Å². The lowest BCUT2D eigenvalue weighted by atomic mass is 9.49. The molecular weight excluding hydrogens is 324 g/mol. The Balaban J connectivity index is 1.46. The largest absolute Gasteiger partial charge is 0.344 e. The van der Waals surface area contributed by atoms with Crippen molar-refractivity contribution in [3.05, 3.63) is 0 Å². The van der Waals surface area contributed by atoms with Crippen LogP contribution in [-0.2, 0) is 9.59 Å². The fourth-order valence-electron chi connectivity index (χ4n) is 6.68. The Kier molecular flexibility index (Phi) is 5.04. The number of amides is 2. The molecule has 0 aromatic heterocycles. The second-order valence-corrected chi connectivity index (χ2v) is 10.1. The van der Waals surface area contributed by atoms with Crippen molar-refractivity contribution in [2.45, 2.75) is 84.1 Å². The first-order valence-electron chi connectivity index (χ1n) is 11.1. The van der Waals surface area contributed by atoms with Crippen LogP contribution in [0, 0.1) is 29.1 Å². The van der Waals surface area contributed by atoms with Gasteiger partial charge in [-0.15, -0.1) is 0 Å². The monoisotopic (exact) mass is 360 g/mol. The van der Waals surface area contributed by atoms with Gasteiger partial charge in [0, 0.05) is 18.5 Å². The number of carbonyl (C=O) groups excluding carboxylic acids is 2. The Bertz CT molecular complexity index is 513. The molecule has 1 N–H and O–H groups in total. The SMILES string of the molecule is CC(C)C(NC(=O)C12CC3CC(CC(C3)C1)C2)C(=O)N1CCCCCC1. The molecule has 146 valence electrons. The summed E-state index contributed by atoms with van der Waals surface area (Å²) in [7, 11) is 0. The van der Waals surface area contributed by atoms with Gasteiger partial charge in [0.25, 0.3) is 0 Å². The number of nitrogens with zero attached hydrogens (tertiary/aromatic N) is 1. The molecule has 1 aliphatic heterocycles. The molecular formula is C22H36N2O2. The zero-order chi connectivity index (χ0) is 18.3. The first kappa shape index (κ1) is 18.3. The molecule has 4 bridgehead atoms. The molecule has 4 nitrogen and oxygen atoms in total. The van der Waals surface area contributed by atoms with Gasteiger partial charge in [-0.2, -0.15) is 0 Å². The third-order valence-corrected chi connectivity index (χ3v) is 7.66. The molecule has 0 aromatic carbocycles. The number of rotatable bonds is 4. The molecule has 1 saturated heterocycles. The van der Waals surface area contributed by atoms with Gasteiger partial charge in [-0.3, -0.25) is 9.59 Å². The third kappa shape index (κ3) is 3.41. The van der Waals surface area contributed by atoms with Crippen molar-refractivity contribution in [3.63, 3.8) is 0 Å². The van der Waals surface area contributed by atoms with E-state index in [1.165, 1.54) is 32.1 Å². The first-order valence-corrected chi connectivity index (χ1v) is 11.1. The van der Waals surface area contributed by atoms with Gasteiger partial charge in [0.05, 0.1) is 0 Å². The summed E-state index contributed by atoms with van der Waals surface area (Å²) < 4.78 is 0. The molecule has 0 radical (unpaired) electrons. The maximum atomic E-state index is 13.4. The lowest BCUT2D eigenvalue weighted by Gasteiger charge is -2.56. The molecule has 4 aliphatic carbocycles. The Hall–Kier alpha value is -1.06. The van der Waals surface area contributed by atoms with Gasteiger partial charge in [-0.25, -0.2) is 0 Å². The zero-order valence-corrected chi connectivity index (χ0v) is 16.6. The highest BCUT2D eigenvalue weighted by Crippen LogP contribution is 2.60. The average molecular weight is 361 g/mol. The van der Waals surface area contributed by atoms with Gasteiger partial charge in [-0.05, 0) is 75.0 Å². The van der Waals surface area contributed by atoms with E-state index in [9.17, 15) is 9.59 Å². The predicted octanol–water partition coefficient (Wildman–Crippen LogP) is 3.75. The molecule has 0 spiro atoms. The minimum Gasteiger partial charge on any atom is -0.344 e. The van der Waals surface area contributed by atoms with Gasteiger partial charge >= 0.3 is 0 Å². The molecule has 4 heteroatoms. The van der Waals surface area contributed by atoms with Gasteiger partial charge in [0.2, 0.25) is 11.8 Å². The summed E-state index contributed by atoms with van der Waals surface area (Å²) in [6, 6.07) is -0.353. The van der Waals surface area contributed by atoms with E-state index >= 15 is 0 Å². The smallest absolute Gasteiger partial charge is 0.245 e.